The minimum atomic E-state index is -1.13. The summed E-state index contributed by atoms with van der Waals surface area (Å²) in [7, 11) is 0. The van der Waals surface area contributed by atoms with Crippen LogP contribution in [0.1, 0.15) is 27.7 Å². The van der Waals surface area contributed by atoms with Crippen molar-refractivity contribution in [2.24, 2.45) is 0 Å². The molecule has 5 heteroatoms. The van der Waals surface area contributed by atoms with Gasteiger partial charge in [-0.2, -0.15) is 0 Å². The number of carbonyl (C=O) groups excluding carboxylic acids is 1. The summed E-state index contributed by atoms with van der Waals surface area (Å²) in [5, 5.41) is 11.0. The van der Waals surface area contributed by atoms with Crippen LogP contribution in [0.2, 0.25) is 0 Å². The minimum Gasteiger partial charge on any atom is -0.479 e. The van der Waals surface area contributed by atoms with E-state index in [9.17, 15) is 9.59 Å². The number of aliphatic carboxylic acids is 1. The highest BCUT2D eigenvalue weighted by Gasteiger charge is 2.21. The number of nitrogens with one attached hydrogen (secondary N) is 1. The lowest BCUT2D eigenvalue weighted by atomic mass is 10.2. The molecule has 1 unspecified atom stereocenters. The van der Waals surface area contributed by atoms with Gasteiger partial charge in [-0.1, -0.05) is 12.2 Å². The van der Waals surface area contributed by atoms with E-state index < -0.39 is 23.7 Å². The van der Waals surface area contributed by atoms with Crippen LogP contribution in [0.3, 0.4) is 0 Å². The molecule has 2 N–H and O–H groups in total. The molecule has 0 saturated heterocycles. The predicted molar refractivity (Wildman–Crippen MR) is 55.6 cm³/mol. The lowest BCUT2D eigenvalue weighted by molar-refractivity contribution is -0.138. The Hall–Kier alpha value is -1.52. The molecule has 0 bridgehead atoms. The summed E-state index contributed by atoms with van der Waals surface area (Å²) < 4.78 is 4.92. The minimum absolute atomic E-state index is 0.636. The number of amides is 1. The number of carbonyl (C=O) groups is 2. The highest BCUT2D eigenvalue weighted by atomic mass is 16.6. The molecule has 0 aromatic rings. The summed E-state index contributed by atoms with van der Waals surface area (Å²) in [5.41, 5.74) is -0.636. The third kappa shape index (κ3) is 6.54. The van der Waals surface area contributed by atoms with Crippen molar-refractivity contribution in [3.8, 4) is 0 Å². The van der Waals surface area contributed by atoms with Crippen LogP contribution in [0.5, 0.6) is 0 Å². The van der Waals surface area contributed by atoms with Gasteiger partial charge in [0.1, 0.15) is 11.6 Å². The molecule has 0 rings (SSSR count). The van der Waals surface area contributed by atoms with Crippen LogP contribution in [-0.4, -0.2) is 28.8 Å². The lowest BCUT2D eigenvalue weighted by Crippen LogP contribution is -2.42. The Balaban J connectivity index is 4.30. The van der Waals surface area contributed by atoms with Crippen molar-refractivity contribution >= 4 is 12.1 Å². The van der Waals surface area contributed by atoms with E-state index in [4.69, 9.17) is 9.84 Å². The molecule has 0 saturated carbocycles. The van der Waals surface area contributed by atoms with E-state index in [0.29, 0.717) is 0 Å². The van der Waals surface area contributed by atoms with Gasteiger partial charge in [-0.05, 0) is 27.7 Å². The van der Waals surface area contributed by atoms with Crippen molar-refractivity contribution in [3.05, 3.63) is 12.2 Å². The molecule has 15 heavy (non-hydrogen) atoms. The molecular formula is C10H17NO4. The fourth-order valence-electron chi connectivity index (χ4n) is 0.819. The van der Waals surface area contributed by atoms with Gasteiger partial charge in [-0.15, -0.1) is 0 Å². The highest BCUT2D eigenvalue weighted by molar-refractivity contribution is 5.81. The third-order valence-corrected chi connectivity index (χ3v) is 1.32. The standard InChI is InChI=1S/C10H17NO4/c1-5-6-7(8(12)13)11-9(14)15-10(2,3)4/h5-7H,1-4H3,(H,11,14)(H,12,13)/b6-5+. The quantitative estimate of drug-likeness (QED) is 0.700. The molecule has 0 aromatic carbocycles. The summed E-state index contributed by atoms with van der Waals surface area (Å²) in [6, 6.07) is -1.05. The zero-order valence-electron chi connectivity index (χ0n) is 9.40. The van der Waals surface area contributed by atoms with E-state index in [1.807, 2.05) is 0 Å². The van der Waals surface area contributed by atoms with Crippen molar-refractivity contribution in [1.29, 1.82) is 0 Å². The van der Waals surface area contributed by atoms with Crippen molar-refractivity contribution in [2.75, 3.05) is 0 Å². The van der Waals surface area contributed by atoms with Crippen molar-refractivity contribution in [2.45, 2.75) is 39.3 Å². The van der Waals surface area contributed by atoms with Crippen molar-refractivity contribution < 1.29 is 19.4 Å². The summed E-state index contributed by atoms with van der Waals surface area (Å²) in [6.07, 6.45) is 2.18. The molecule has 1 atom stereocenters. The summed E-state index contributed by atoms with van der Waals surface area (Å²) >= 11 is 0. The number of alkyl carbamates (subject to hydrolysis) is 1. The topological polar surface area (TPSA) is 75.6 Å². The summed E-state index contributed by atoms with van der Waals surface area (Å²) in [4.78, 5) is 21.9. The monoisotopic (exact) mass is 215 g/mol. The van der Waals surface area contributed by atoms with E-state index in [0.717, 1.165) is 0 Å². The normalized spacial score (nSPS) is 13.6. The fourth-order valence-corrected chi connectivity index (χ4v) is 0.819. The Morgan fingerprint density at radius 1 is 1.40 bits per heavy atom. The summed E-state index contributed by atoms with van der Waals surface area (Å²) in [6.45, 7) is 6.79. The number of carboxylic acids is 1. The molecule has 0 fully saturated rings. The van der Waals surface area contributed by atoms with Gasteiger partial charge in [0.25, 0.3) is 0 Å². The van der Waals surface area contributed by atoms with Gasteiger partial charge < -0.3 is 15.2 Å². The zero-order valence-corrected chi connectivity index (χ0v) is 9.40. The molecule has 86 valence electrons. The van der Waals surface area contributed by atoms with Crippen molar-refractivity contribution in [1.82, 2.24) is 5.32 Å². The molecule has 0 spiro atoms. The van der Waals surface area contributed by atoms with Crippen LogP contribution in [0, 0.1) is 0 Å². The Labute approximate surface area is 89.1 Å². The number of carboxylic acid groups (broad SMARTS) is 1. The molecular weight excluding hydrogens is 198 g/mol. The van der Waals surface area contributed by atoms with Gasteiger partial charge in [0.05, 0.1) is 0 Å². The average molecular weight is 215 g/mol. The van der Waals surface area contributed by atoms with E-state index in [2.05, 4.69) is 5.32 Å². The second-order valence-corrected chi connectivity index (χ2v) is 3.99. The summed E-state index contributed by atoms with van der Waals surface area (Å²) in [5.74, 6) is -1.13. The number of hydrogen-bond donors (Lipinski definition) is 2. The Kier molecular flexibility index (Phi) is 4.84. The van der Waals surface area contributed by atoms with Gasteiger partial charge in [-0.25, -0.2) is 9.59 Å². The van der Waals surface area contributed by atoms with Crippen LogP contribution in [0.4, 0.5) is 4.79 Å². The number of rotatable bonds is 3. The fraction of sp³-hybridized carbons (Fsp3) is 0.600. The van der Waals surface area contributed by atoms with Crippen LogP contribution in [0.15, 0.2) is 12.2 Å². The van der Waals surface area contributed by atoms with E-state index >= 15 is 0 Å². The Morgan fingerprint density at radius 2 is 1.93 bits per heavy atom. The third-order valence-electron chi connectivity index (χ3n) is 1.32. The van der Waals surface area contributed by atoms with Crippen LogP contribution in [-0.2, 0) is 9.53 Å². The molecule has 0 aliphatic heterocycles. The van der Waals surface area contributed by atoms with Gasteiger partial charge in [-0.3, -0.25) is 0 Å². The molecule has 5 nitrogen and oxygen atoms in total. The first-order valence-electron chi connectivity index (χ1n) is 4.61. The lowest BCUT2D eigenvalue weighted by Gasteiger charge is -2.20. The van der Waals surface area contributed by atoms with Crippen LogP contribution >= 0.6 is 0 Å². The Bertz CT molecular complexity index is 265. The van der Waals surface area contributed by atoms with Gasteiger partial charge in [0.15, 0.2) is 0 Å². The largest absolute Gasteiger partial charge is 0.479 e. The maximum Gasteiger partial charge on any atom is 0.408 e. The molecule has 0 aliphatic carbocycles. The maximum atomic E-state index is 11.2. The van der Waals surface area contributed by atoms with Crippen LogP contribution < -0.4 is 5.32 Å². The van der Waals surface area contributed by atoms with E-state index in [-0.39, 0.29) is 0 Å². The first-order chi connectivity index (χ1) is 6.76. The molecule has 0 aliphatic rings. The molecule has 1 amide bonds. The molecule has 0 radical (unpaired) electrons. The number of ether oxygens (including phenoxy) is 1. The van der Waals surface area contributed by atoms with Crippen LogP contribution in [0.25, 0.3) is 0 Å². The first kappa shape index (κ1) is 13.5. The average Bonchev–Trinajstić information content (AvgIpc) is 1.99. The van der Waals surface area contributed by atoms with Gasteiger partial charge in [0.2, 0.25) is 0 Å². The van der Waals surface area contributed by atoms with Gasteiger partial charge >= 0.3 is 12.1 Å². The Morgan fingerprint density at radius 3 is 2.27 bits per heavy atom. The number of hydrogen-bond acceptors (Lipinski definition) is 3. The smallest absolute Gasteiger partial charge is 0.408 e. The van der Waals surface area contributed by atoms with E-state index in [1.54, 1.807) is 33.8 Å². The second-order valence-electron chi connectivity index (χ2n) is 3.99. The van der Waals surface area contributed by atoms with Gasteiger partial charge in [0, 0.05) is 0 Å². The zero-order chi connectivity index (χ0) is 12.1. The number of allylic oxidation sites excluding steroid dienone is 1. The van der Waals surface area contributed by atoms with Crippen molar-refractivity contribution in [3.63, 3.8) is 0 Å². The predicted octanol–water partition coefficient (Wildman–Crippen LogP) is 1.54. The second kappa shape index (κ2) is 5.38. The molecule has 0 heterocycles. The molecule has 0 aromatic heterocycles. The highest BCUT2D eigenvalue weighted by Crippen LogP contribution is 2.06. The maximum absolute atomic E-state index is 11.2. The SMILES string of the molecule is C/C=C/C(NC(=O)OC(C)(C)C)C(=O)O. The first-order valence-corrected chi connectivity index (χ1v) is 4.61. The van der Waals surface area contributed by atoms with E-state index in [1.165, 1.54) is 6.08 Å².